The lowest BCUT2D eigenvalue weighted by atomic mass is 10.2. The van der Waals surface area contributed by atoms with E-state index < -0.39 is 11.9 Å². The molecule has 0 atom stereocenters. The summed E-state index contributed by atoms with van der Waals surface area (Å²) in [7, 11) is 1.53. The lowest BCUT2D eigenvalue weighted by Gasteiger charge is -2.15. The molecule has 0 aliphatic carbocycles. The minimum atomic E-state index is -0.696. The van der Waals surface area contributed by atoms with Gasteiger partial charge in [0, 0.05) is 25.9 Å². The first-order valence-corrected chi connectivity index (χ1v) is 11.5. The van der Waals surface area contributed by atoms with Gasteiger partial charge in [-0.1, -0.05) is 36.4 Å². The molecule has 3 heterocycles. The molecule has 0 saturated heterocycles. The molecule has 9 nitrogen and oxygen atoms in total. The first-order valence-electron chi connectivity index (χ1n) is 11.5. The van der Waals surface area contributed by atoms with Crippen molar-refractivity contribution in [1.29, 1.82) is 0 Å². The van der Waals surface area contributed by atoms with E-state index in [0.717, 1.165) is 11.1 Å². The van der Waals surface area contributed by atoms with Crippen molar-refractivity contribution in [2.45, 2.75) is 20.4 Å². The second kappa shape index (κ2) is 10.9. The normalized spacial score (nSPS) is 12.0. The zero-order valence-electron chi connectivity index (χ0n) is 20.3. The summed E-state index contributed by atoms with van der Waals surface area (Å²) >= 11 is 0. The van der Waals surface area contributed by atoms with E-state index in [1.807, 2.05) is 43.3 Å². The third-order valence-corrected chi connectivity index (χ3v) is 5.55. The van der Waals surface area contributed by atoms with Gasteiger partial charge in [-0.25, -0.2) is 9.78 Å². The molecule has 3 aromatic heterocycles. The number of hydrogen-bond donors (Lipinski definition) is 0. The van der Waals surface area contributed by atoms with Gasteiger partial charge in [-0.3, -0.25) is 14.0 Å². The highest BCUT2D eigenvalue weighted by atomic mass is 16.5. The quantitative estimate of drug-likeness (QED) is 0.226. The maximum absolute atomic E-state index is 13.4. The highest BCUT2D eigenvalue weighted by Crippen LogP contribution is 2.14. The van der Waals surface area contributed by atoms with E-state index in [4.69, 9.17) is 14.5 Å². The van der Waals surface area contributed by atoms with E-state index in [-0.39, 0.29) is 47.4 Å². The van der Waals surface area contributed by atoms with E-state index in [2.05, 4.69) is 4.99 Å². The number of nitrogens with zero attached hydrogens (tertiary/aromatic N) is 4. The molecule has 0 saturated carbocycles. The number of aromatic nitrogens is 3. The van der Waals surface area contributed by atoms with Crippen LogP contribution in [0.15, 0.2) is 70.6 Å². The molecule has 0 bridgehead atoms. The average molecular weight is 487 g/mol. The molecule has 0 N–H and O–H groups in total. The number of fused-ring (bicyclic) bond motifs is 2. The molecule has 184 valence electrons. The van der Waals surface area contributed by atoms with Crippen molar-refractivity contribution in [3.05, 3.63) is 93.3 Å². The highest BCUT2D eigenvalue weighted by Gasteiger charge is 2.20. The van der Waals surface area contributed by atoms with Crippen LogP contribution < -0.4 is 11.0 Å². The third kappa shape index (κ3) is 5.01. The Kier molecular flexibility index (Phi) is 7.50. The van der Waals surface area contributed by atoms with Gasteiger partial charge in [0.05, 0.1) is 18.6 Å². The van der Waals surface area contributed by atoms with Crippen molar-refractivity contribution in [3.8, 4) is 0 Å². The number of amides is 1. The Balaban J connectivity index is 2.04. The van der Waals surface area contributed by atoms with E-state index in [1.165, 1.54) is 23.7 Å². The zero-order valence-corrected chi connectivity index (χ0v) is 20.3. The molecular formula is C27H26N4O5. The van der Waals surface area contributed by atoms with E-state index in [0.29, 0.717) is 5.65 Å². The first-order chi connectivity index (χ1) is 17.4. The minimum absolute atomic E-state index is 0.00610. The van der Waals surface area contributed by atoms with Crippen LogP contribution in [0.5, 0.6) is 0 Å². The summed E-state index contributed by atoms with van der Waals surface area (Å²) < 4.78 is 13.5. The van der Waals surface area contributed by atoms with Crippen LogP contribution >= 0.6 is 0 Å². The number of carbonyl (C=O) groups is 2. The standard InChI is InChI=1S/C27H26N4O5/c1-4-36-27(34)21-17-20-24(29-23-18(2)9-8-14-31(23)26(20)33)30(15-16-35-3)25(21)28-22(32)13-12-19-10-6-5-7-11-19/h5-14,17H,4,15-16H2,1-3H3/b13-12+,28-25?. The summed E-state index contributed by atoms with van der Waals surface area (Å²) in [6, 6.07) is 14.3. The van der Waals surface area contributed by atoms with Gasteiger partial charge in [0.2, 0.25) is 0 Å². The highest BCUT2D eigenvalue weighted by molar-refractivity contribution is 5.96. The summed E-state index contributed by atoms with van der Waals surface area (Å²) in [5.74, 6) is -1.28. The summed E-state index contributed by atoms with van der Waals surface area (Å²) in [4.78, 5) is 48.2. The number of pyridine rings is 2. The Morgan fingerprint density at radius 1 is 1.11 bits per heavy atom. The lowest BCUT2D eigenvalue weighted by molar-refractivity contribution is -0.113. The average Bonchev–Trinajstić information content (AvgIpc) is 2.88. The minimum Gasteiger partial charge on any atom is -0.462 e. The fourth-order valence-electron chi connectivity index (χ4n) is 3.83. The molecule has 9 heteroatoms. The van der Waals surface area contributed by atoms with Gasteiger partial charge in [0.15, 0.2) is 5.49 Å². The maximum Gasteiger partial charge on any atom is 0.341 e. The molecule has 0 fully saturated rings. The zero-order chi connectivity index (χ0) is 25.7. The van der Waals surface area contributed by atoms with Crippen molar-refractivity contribution in [3.63, 3.8) is 0 Å². The number of esters is 1. The fraction of sp³-hybridized carbons (Fsp3) is 0.222. The van der Waals surface area contributed by atoms with Crippen LogP contribution in [0.3, 0.4) is 0 Å². The molecule has 4 rings (SSSR count). The maximum atomic E-state index is 13.4. The third-order valence-electron chi connectivity index (χ3n) is 5.55. The van der Waals surface area contributed by atoms with Crippen molar-refractivity contribution in [2.24, 2.45) is 4.99 Å². The molecular weight excluding hydrogens is 460 g/mol. The van der Waals surface area contributed by atoms with Crippen LogP contribution in [-0.4, -0.2) is 46.2 Å². The molecule has 0 aliphatic rings. The first kappa shape index (κ1) is 24.7. The summed E-state index contributed by atoms with van der Waals surface area (Å²) in [6.45, 7) is 4.07. The molecule has 0 unspecified atom stereocenters. The summed E-state index contributed by atoms with van der Waals surface area (Å²) in [5.41, 5.74) is 2.07. The van der Waals surface area contributed by atoms with Gasteiger partial charge < -0.3 is 14.0 Å². The van der Waals surface area contributed by atoms with Gasteiger partial charge >= 0.3 is 5.97 Å². The Labute approximate surface area is 207 Å². The van der Waals surface area contributed by atoms with Crippen molar-refractivity contribution < 1.29 is 19.1 Å². The molecule has 4 aromatic rings. The number of benzene rings is 1. The molecule has 1 aromatic carbocycles. The number of methoxy groups -OCH3 is 1. The topological polar surface area (TPSA) is 104 Å². The fourth-order valence-corrected chi connectivity index (χ4v) is 3.83. The van der Waals surface area contributed by atoms with Crippen molar-refractivity contribution in [2.75, 3.05) is 20.3 Å². The number of rotatable bonds is 7. The van der Waals surface area contributed by atoms with Crippen molar-refractivity contribution >= 4 is 34.6 Å². The second-order valence-corrected chi connectivity index (χ2v) is 7.98. The Hall–Kier alpha value is -4.37. The van der Waals surface area contributed by atoms with E-state index in [1.54, 1.807) is 29.8 Å². The van der Waals surface area contributed by atoms with Gasteiger partial charge in [-0.05, 0) is 43.2 Å². The molecule has 0 spiro atoms. The van der Waals surface area contributed by atoms with Gasteiger partial charge in [-0.2, -0.15) is 4.99 Å². The second-order valence-electron chi connectivity index (χ2n) is 7.98. The van der Waals surface area contributed by atoms with Crippen LogP contribution in [0.2, 0.25) is 0 Å². The van der Waals surface area contributed by atoms with Gasteiger partial charge in [-0.15, -0.1) is 0 Å². The number of carbonyl (C=O) groups excluding carboxylic acids is 2. The monoisotopic (exact) mass is 486 g/mol. The molecule has 36 heavy (non-hydrogen) atoms. The molecule has 0 aliphatic heterocycles. The Morgan fingerprint density at radius 2 is 1.89 bits per heavy atom. The molecule has 1 amide bonds. The van der Waals surface area contributed by atoms with Crippen molar-refractivity contribution in [1.82, 2.24) is 14.0 Å². The smallest absolute Gasteiger partial charge is 0.341 e. The SMILES string of the molecule is CCOC(=O)c1cc2c(=O)n3cccc(C)c3nc2n(CCOC)c1=NC(=O)/C=C/c1ccccc1. The van der Waals surface area contributed by atoms with E-state index >= 15 is 0 Å². The number of hydrogen-bond acceptors (Lipinski definition) is 6. The largest absolute Gasteiger partial charge is 0.462 e. The van der Waals surface area contributed by atoms with Crippen LogP contribution in [0.1, 0.15) is 28.4 Å². The number of ether oxygens (including phenoxy) is 2. The predicted octanol–water partition coefficient (Wildman–Crippen LogP) is 2.92. The van der Waals surface area contributed by atoms with Crippen LogP contribution in [0.25, 0.3) is 22.8 Å². The molecule has 0 radical (unpaired) electrons. The Bertz CT molecular complexity index is 1600. The summed E-state index contributed by atoms with van der Waals surface area (Å²) in [6.07, 6.45) is 4.58. The number of aryl methyl sites for hydroxylation is 1. The van der Waals surface area contributed by atoms with E-state index in [9.17, 15) is 14.4 Å². The van der Waals surface area contributed by atoms with Gasteiger partial charge in [0.25, 0.3) is 11.5 Å². The predicted molar refractivity (Wildman–Crippen MR) is 136 cm³/mol. The van der Waals surface area contributed by atoms with Crippen LogP contribution in [0.4, 0.5) is 0 Å². The lowest BCUT2D eigenvalue weighted by Crippen LogP contribution is -2.33. The Morgan fingerprint density at radius 3 is 2.61 bits per heavy atom. The summed E-state index contributed by atoms with van der Waals surface area (Å²) in [5, 5.41) is 0.198. The van der Waals surface area contributed by atoms with Crippen LogP contribution in [-0.2, 0) is 20.8 Å². The van der Waals surface area contributed by atoms with Crippen LogP contribution in [0, 0.1) is 6.92 Å². The van der Waals surface area contributed by atoms with Gasteiger partial charge in [0.1, 0.15) is 16.9 Å².